The van der Waals surface area contributed by atoms with Gasteiger partial charge < -0.3 is 4.90 Å². The molecule has 1 amide bonds. The van der Waals surface area contributed by atoms with Crippen molar-refractivity contribution in [2.75, 3.05) is 11.9 Å². The van der Waals surface area contributed by atoms with Crippen molar-refractivity contribution in [1.82, 2.24) is 4.72 Å². The molecule has 1 saturated carbocycles. The summed E-state index contributed by atoms with van der Waals surface area (Å²) in [6.07, 6.45) is 9.58. The van der Waals surface area contributed by atoms with E-state index in [-0.39, 0.29) is 16.8 Å². The third kappa shape index (κ3) is 6.40. The number of nitrogens with zero attached hydrogens (tertiary/aromatic N) is 1. The molecule has 0 aromatic heterocycles. The van der Waals surface area contributed by atoms with Crippen molar-refractivity contribution in [3.8, 4) is 0 Å². The molecule has 31 heavy (non-hydrogen) atoms. The maximum atomic E-state index is 12.8. The predicted octanol–water partition coefficient (Wildman–Crippen LogP) is 5.31. The van der Waals surface area contributed by atoms with Crippen LogP contribution < -0.4 is 9.62 Å². The number of amides is 1. The molecule has 0 unspecified atom stereocenters. The van der Waals surface area contributed by atoms with Crippen molar-refractivity contribution in [2.24, 2.45) is 0 Å². The van der Waals surface area contributed by atoms with Crippen LogP contribution in [0.15, 0.2) is 53.4 Å². The van der Waals surface area contributed by atoms with E-state index >= 15 is 0 Å². The van der Waals surface area contributed by atoms with Crippen LogP contribution in [-0.4, -0.2) is 27.4 Å². The zero-order valence-electron chi connectivity index (χ0n) is 18.6. The van der Waals surface area contributed by atoms with Gasteiger partial charge in [0.15, 0.2) is 0 Å². The molecule has 1 fully saturated rings. The summed E-state index contributed by atoms with van der Waals surface area (Å²) in [5.41, 5.74) is 2.51. The van der Waals surface area contributed by atoms with Gasteiger partial charge in [0.25, 0.3) is 5.91 Å². The maximum Gasteiger partial charge on any atom is 0.258 e. The number of carbonyl (C=O) groups excluding carboxylic acids is 1. The smallest absolute Gasteiger partial charge is 0.258 e. The van der Waals surface area contributed by atoms with Gasteiger partial charge in [-0.15, -0.1) is 0 Å². The van der Waals surface area contributed by atoms with Crippen LogP contribution in [0.2, 0.25) is 0 Å². The monoisotopic (exact) mass is 442 g/mol. The Balaban J connectivity index is 1.66. The van der Waals surface area contributed by atoms with Crippen LogP contribution in [0.4, 0.5) is 5.69 Å². The zero-order chi connectivity index (χ0) is 22.3. The first-order valence-electron chi connectivity index (χ1n) is 11.4. The summed E-state index contributed by atoms with van der Waals surface area (Å²) >= 11 is 0. The highest BCUT2D eigenvalue weighted by molar-refractivity contribution is 7.89. The van der Waals surface area contributed by atoms with E-state index in [4.69, 9.17) is 0 Å². The Labute approximate surface area is 186 Å². The third-order valence-electron chi connectivity index (χ3n) is 6.04. The van der Waals surface area contributed by atoms with Gasteiger partial charge in [-0.3, -0.25) is 4.79 Å². The molecule has 5 nitrogen and oxygen atoms in total. The van der Waals surface area contributed by atoms with Gasteiger partial charge in [-0.25, -0.2) is 13.1 Å². The number of carbonyl (C=O) groups is 1. The molecule has 3 rings (SSSR count). The Morgan fingerprint density at radius 1 is 0.968 bits per heavy atom. The lowest BCUT2D eigenvalue weighted by Gasteiger charge is -2.19. The first-order chi connectivity index (χ1) is 14.9. The van der Waals surface area contributed by atoms with Crippen LogP contribution in [0, 0.1) is 0 Å². The van der Waals surface area contributed by atoms with Gasteiger partial charge in [-0.1, -0.05) is 51.2 Å². The van der Waals surface area contributed by atoms with Gasteiger partial charge in [0, 0.05) is 24.3 Å². The van der Waals surface area contributed by atoms with Crippen LogP contribution >= 0.6 is 0 Å². The molecule has 0 atom stereocenters. The molecule has 168 valence electrons. The molecule has 0 heterocycles. The molecule has 0 radical (unpaired) electrons. The van der Waals surface area contributed by atoms with Crippen LogP contribution in [0.25, 0.3) is 0 Å². The quantitative estimate of drug-likeness (QED) is 0.564. The fourth-order valence-corrected chi connectivity index (χ4v) is 5.34. The van der Waals surface area contributed by atoms with Crippen molar-refractivity contribution in [3.05, 3.63) is 59.7 Å². The molecule has 2 aromatic rings. The number of anilines is 1. The second-order valence-corrected chi connectivity index (χ2v) is 10.2. The minimum absolute atomic E-state index is 0.0109. The highest BCUT2D eigenvalue weighted by Gasteiger charge is 2.22. The van der Waals surface area contributed by atoms with Crippen molar-refractivity contribution >= 4 is 21.6 Å². The van der Waals surface area contributed by atoms with E-state index in [1.54, 1.807) is 36.2 Å². The highest BCUT2D eigenvalue weighted by Crippen LogP contribution is 2.22. The first kappa shape index (κ1) is 23.5. The minimum atomic E-state index is -3.56. The SMILES string of the molecule is CCCCc1ccc(C(=O)N(C)c2ccc(S(=O)(=O)NC3CCCCCC3)cc2)cc1. The summed E-state index contributed by atoms with van der Waals surface area (Å²) in [6.45, 7) is 2.16. The molecule has 0 bridgehead atoms. The summed E-state index contributed by atoms with van der Waals surface area (Å²) < 4.78 is 28.4. The van der Waals surface area contributed by atoms with E-state index < -0.39 is 10.0 Å². The first-order valence-corrected chi connectivity index (χ1v) is 12.9. The average molecular weight is 443 g/mol. The van der Waals surface area contributed by atoms with E-state index in [2.05, 4.69) is 11.6 Å². The van der Waals surface area contributed by atoms with Crippen LogP contribution in [0.3, 0.4) is 0 Å². The zero-order valence-corrected chi connectivity index (χ0v) is 19.5. The van der Waals surface area contributed by atoms with Gasteiger partial charge in [-0.05, 0) is 67.6 Å². The number of benzene rings is 2. The molecular formula is C25H34N2O3S. The molecule has 2 aromatic carbocycles. The largest absolute Gasteiger partial charge is 0.311 e. The number of nitrogens with one attached hydrogen (secondary N) is 1. The molecule has 0 aliphatic heterocycles. The molecule has 6 heteroatoms. The third-order valence-corrected chi connectivity index (χ3v) is 7.57. The number of hydrogen-bond donors (Lipinski definition) is 1. The van der Waals surface area contributed by atoms with E-state index in [0.717, 1.165) is 44.9 Å². The van der Waals surface area contributed by atoms with Crippen molar-refractivity contribution in [1.29, 1.82) is 0 Å². The fraction of sp³-hybridized carbons (Fsp3) is 0.480. The Kier molecular flexibility index (Phi) is 8.27. The Bertz CT molecular complexity index is 945. The van der Waals surface area contributed by atoms with E-state index in [9.17, 15) is 13.2 Å². The van der Waals surface area contributed by atoms with E-state index in [1.165, 1.54) is 18.4 Å². The summed E-state index contributed by atoms with van der Waals surface area (Å²) in [5, 5.41) is 0. The van der Waals surface area contributed by atoms with Gasteiger partial charge in [-0.2, -0.15) is 0 Å². The Hall–Kier alpha value is -2.18. The fourth-order valence-electron chi connectivity index (χ4n) is 4.04. The minimum Gasteiger partial charge on any atom is -0.311 e. The molecule has 1 aliphatic rings. The normalized spacial score (nSPS) is 15.4. The average Bonchev–Trinajstić information content (AvgIpc) is 3.05. The molecule has 1 aliphatic carbocycles. The highest BCUT2D eigenvalue weighted by atomic mass is 32.2. The lowest BCUT2D eigenvalue weighted by atomic mass is 10.1. The van der Waals surface area contributed by atoms with Gasteiger partial charge in [0.2, 0.25) is 10.0 Å². The summed E-state index contributed by atoms with van der Waals surface area (Å²) in [6, 6.07) is 14.3. The number of sulfonamides is 1. The van der Waals surface area contributed by atoms with E-state index in [0.29, 0.717) is 11.3 Å². The number of hydrogen-bond acceptors (Lipinski definition) is 3. The number of rotatable bonds is 8. The van der Waals surface area contributed by atoms with Crippen LogP contribution in [0.1, 0.15) is 74.2 Å². The predicted molar refractivity (Wildman–Crippen MR) is 126 cm³/mol. The lowest BCUT2D eigenvalue weighted by molar-refractivity contribution is 0.0993. The topological polar surface area (TPSA) is 66.5 Å². The van der Waals surface area contributed by atoms with Crippen molar-refractivity contribution in [3.63, 3.8) is 0 Å². The van der Waals surface area contributed by atoms with Crippen LogP contribution in [-0.2, 0) is 16.4 Å². The van der Waals surface area contributed by atoms with Crippen LogP contribution in [0.5, 0.6) is 0 Å². The lowest BCUT2D eigenvalue weighted by Crippen LogP contribution is -2.34. The Morgan fingerprint density at radius 3 is 2.16 bits per heavy atom. The number of aryl methyl sites for hydroxylation is 1. The maximum absolute atomic E-state index is 12.8. The summed E-state index contributed by atoms with van der Waals surface area (Å²) in [7, 11) is -1.85. The Morgan fingerprint density at radius 2 is 1.58 bits per heavy atom. The summed E-state index contributed by atoms with van der Waals surface area (Å²) in [5.74, 6) is -0.116. The molecule has 0 saturated heterocycles. The molecule has 0 spiro atoms. The van der Waals surface area contributed by atoms with Crippen molar-refractivity contribution in [2.45, 2.75) is 75.6 Å². The number of unbranched alkanes of at least 4 members (excludes halogenated alkanes) is 1. The molecule has 1 N–H and O–H groups in total. The van der Waals surface area contributed by atoms with Gasteiger partial charge >= 0.3 is 0 Å². The standard InChI is InChI=1S/C25H34N2O3S/c1-3-4-9-20-12-14-21(15-13-20)25(28)27(2)23-16-18-24(19-17-23)31(29,30)26-22-10-7-5-6-8-11-22/h12-19,22,26H,3-11H2,1-2H3. The van der Waals surface area contributed by atoms with Gasteiger partial charge in [0.1, 0.15) is 0 Å². The molecular weight excluding hydrogens is 408 g/mol. The van der Waals surface area contributed by atoms with Crippen molar-refractivity contribution < 1.29 is 13.2 Å². The second kappa shape index (κ2) is 10.9. The van der Waals surface area contributed by atoms with E-state index in [1.807, 2.05) is 24.3 Å². The summed E-state index contributed by atoms with van der Waals surface area (Å²) in [4.78, 5) is 14.6. The second-order valence-electron chi connectivity index (χ2n) is 8.47. The van der Waals surface area contributed by atoms with Gasteiger partial charge in [0.05, 0.1) is 4.90 Å².